The fourth-order valence-electron chi connectivity index (χ4n) is 3.03. The lowest BCUT2D eigenvalue weighted by atomic mass is 10.1. The van der Waals surface area contributed by atoms with Gasteiger partial charge in [-0.15, -0.1) is 0 Å². The second kappa shape index (κ2) is 10.9. The van der Waals surface area contributed by atoms with Crippen molar-refractivity contribution in [1.82, 2.24) is 0 Å². The molecule has 0 saturated heterocycles. The lowest BCUT2D eigenvalue weighted by molar-refractivity contribution is 0.0697. The van der Waals surface area contributed by atoms with Crippen molar-refractivity contribution in [2.75, 3.05) is 19.0 Å². The van der Waals surface area contributed by atoms with Crippen molar-refractivity contribution in [3.8, 4) is 17.2 Å². The molecule has 0 radical (unpaired) electrons. The normalized spacial score (nSPS) is 10.5. The van der Waals surface area contributed by atoms with Crippen LogP contribution in [0.5, 0.6) is 17.2 Å². The Hall–Kier alpha value is -3.26. The third kappa shape index (κ3) is 5.70. The number of hydrogen-bond acceptors (Lipinski definition) is 5. The summed E-state index contributed by atoms with van der Waals surface area (Å²) < 4.78 is 31.5. The molecule has 2 N–H and O–H groups in total. The average Bonchev–Trinajstić information content (AvgIpc) is 2.78. The van der Waals surface area contributed by atoms with Gasteiger partial charge in [-0.3, -0.25) is 0 Å². The fraction of sp³-hybridized carbons (Fsp3) is 0.208. The lowest BCUT2D eigenvalue weighted by Gasteiger charge is -2.17. The fourth-order valence-corrected chi connectivity index (χ4v) is 3.50. The van der Waals surface area contributed by atoms with E-state index < -0.39 is 5.97 Å². The predicted octanol–water partition coefficient (Wildman–Crippen LogP) is 5.88. The van der Waals surface area contributed by atoms with E-state index in [4.69, 9.17) is 14.2 Å². The van der Waals surface area contributed by atoms with Crippen molar-refractivity contribution < 1.29 is 28.5 Å². The molecule has 0 unspecified atom stereocenters. The molecule has 0 aliphatic heterocycles. The standard InChI is InChI=1S/C24H23BrFNO5/c1-3-31-22-11-17(13-27-20-10-15(24(28)29)8-9-21(20)30-2)18(25)12-23(22)32-14-16-6-4-5-7-19(16)26/h4-12,27H,3,13-14H2,1-2H3,(H,28,29). The molecule has 8 heteroatoms. The first-order valence-corrected chi connectivity index (χ1v) is 10.7. The molecular weight excluding hydrogens is 481 g/mol. The second-order valence-corrected chi connectivity index (χ2v) is 7.63. The Morgan fingerprint density at radius 2 is 1.78 bits per heavy atom. The molecule has 0 amide bonds. The van der Waals surface area contributed by atoms with E-state index in [1.54, 1.807) is 30.3 Å². The smallest absolute Gasteiger partial charge is 0.335 e. The molecule has 3 aromatic rings. The highest BCUT2D eigenvalue weighted by Crippen LogP contribution is 2.35. The minimum Gasteiger partial charge on any atom is -0.495 e. The summed E-state index contributed by atoms with van der Waals surface area (Å²) in [6, 6.07) is 14.6. The van der Waals surface area contributed by atoms with Gasteiger partial charge in [0.05, 0.1) is 25.0 Å². The zero-order chi connectivity index (χ0) is 23.1. The summed E-state index contributed by atoms with van der Waals surface area (Å²) in [5.74, 6) is 0.182. The molecule has 0 atom stereocenters. The quantitative estimate of drug-likeness (QED) is 0.359. The van der Waals surface area contributed by atoms with Crippen LogP contribution < -0.4 is 19.5 Å². The molecule has 32 heavy (non-hydrogen) atoms. The summed E-state index contributed by atoms with van der Waals surface area (Å²) in [6.45, 7) is 2.73. The first-order valence-electron chi connectivity index (χ1n) is 9.89. The van der Waals surface area contributed by atoms with Gasteiger partial charge < -0.3 is 24.6 Å². The molecule has 0 saturated carbocycles. The first kappa shape index (κ1) is 23.4. The van der Waals surface area contributed by atoms with Gasteiger partial charge in [-0.1, -0.05) is 34.1 Å². The van der Waals surface area contributed by atoms with Crippen molar-refractivity contribution >= 4 is 27.6 Å². The van der Waals surface area contributed by atoms with Crippen LogP contribution in [0.25, 0.3) is 0 Å². The van der Waals surface area contributed by atoms with Crippen molar-refractivity contribution in [3.05, 3.63) is 81.6 Å². The molecule has 0 aromatic heterocycles. The summed E-state index contributed by atoms with van der Waals surface area (Å²) in [7, 11) is 1.52. The Morgan fingerprint density at radius 1 is 1.03 bits per heavy atom. The SMILES string of the molecule is CCOc1cc(CNc2cc(C(=O)O)ccc2OC)c(Br)cc1OCc1ccccc1F. The van der Waals surface area contributed by atoms with Crippen LogP contribution in [0.15, 0.2) is 59.1 Å². The zero-order valence-corrected chi connectivity index (χ0v) is 19.2. The van der Waals surface area contributed by atoms with E-state index in [9.17, 15) is 14.3 Å². The first-order chi connectivity index (χ1) is 15.4. The van der Waals surface area contributed by atoms with Gasteiger partial charge in [0.25, 0.3) is 0 Å². The molecule has 0 aliphatic rings. The number of carboxylic acid groups (broad SMARTS) is 1. The third-order valence-electron chi connectivity index (χ3n) is 4.67. The molecule has 3 aromatic carbocycles. The topological polar surface area (TPSA) is 77.0 Å². The van der Waals surface area contributed by atoms with Crippen molar-refractivity contribution in [2.24, 2.45) is 0 Å². The predicted molar refractivity (Wildman–Crippen MR) is 123 cm³/mol. The largest absolute Gasteiger partial charge is 0.495 e. The van der Waals surface area contributed by atoms with E-state index in [0.717, 1.165) is 10.0 Å². The minimum absolute atomic E-state index is 0.0654. The van der Waals surface area contributed by atoms with E-state index in [1.165, 1.54) is 25.3 Å². The number of halogens is 2. The molecule has 6 nitrogen and oxygen atoms in total. The molecule has 0 aliphatic carbocycles. The molecule has 0 fully saturated rings. The molecule has 168 valence electrons. The molecule has 3 rings (SSSR count). The number of carboxylic acids is 1. The molecule has 0 heterocycles. The van der Waals surface area contributed by atoms with Crippen LogP contribution in [0.2, 0.25) is 0 Å². The summed E-state index contributed by atoms with van der Waals surface area (Å²) in [6.07, 6.45) is 0. The van der Waals surface area contributed by atoms with Crippen LogP contribution in [0, 0.1) is 5.82 Å². The van der Waals surface area contributed by atoms with Crippen molar-refractivity contribution in [1.29, 1.82) is 0 Å². The highest BCUT2D eigenvalue weighted by atomic mass is 79.9. The van der Waals surface area contributed by atoms with Crippen LogP contribution in [0.1, 0.15) is 28.4 Å². The van der Waals surface area contributed by atoms with Gasteiger partial charge >= 0.3 is 5.97 Å². The number of nitrogens with one attached hydrogen (secondary N) is 1. The van der Waals surface area contributed by atoms with Gasteiger partial charge in [-0.2, -0.15) is 0 Å². The maximum atomic E-state index is 13.9. The number of rotatable bonds is 10. The number of ether oxygens (including phenoxy) is 3. The molecule has 0 spiro atoms. The molecule has 0 bridgehead atoms. The number of benzene rings is 3. The van der Waals surface area contributed by atoms with Crippen LogP contribution >= 0.6 is 15.9 Å². The number of aromatic carboxylic acids is 1. The van der Waals surface area contributed by atoms with Crippen LogP contribution in [0.4, 0.5) is 10.1 Å². The Kier molecular flexibility index (Phi) is 7.94. The molecular formula is C24H23BrFNO5. The number of carbonyl (C=O) groups is 1. The summed E-state index contributed by atoms with van der Waals surface area (Å²) in [5, 5.41) is 12.5. The van der Waals surface area contributed by atoms with Gasteiger partial charge in [0, 0.05) is 16.6 Å². The van der Waals surface area contributed by atoms with Gasteiger partial charge in [0.2, 0.25) is 0 Å². The lowest BCUT2D eigenvalue weighted by Crippen LogP contribution is -2.06. The second-order valence-electron chi connectivity index (χ2n) is 6.78. The Balaban J connectivity index is 1.81. The van der Waals surface area contributed by atoms with Gasteiger partial charge in [-0.05, 0) is 48.9 Å². The van der Waals surface area contributed by atoms with Crippen LogP contribution in [-0.2, 0) is 13.2 Å². The van der Waals surface area contributed by atoms with E-state index in [1.807, 2.05) is 13.0 Å². The van der Waals surface area contributed by atoms with E-state index in [0.29, 0.717) is 41.7 Å². The summed E-state index contributed by atoms with van der Waals surface area (Å²) in [4.78, 5) is 11.3. The summed E-state index contributed by atoms with van der Waals surface area (Å²) in [5.41, 5.74) is 2.01. The number of anilines is 1. The minimum atomic E-state index is -1.02. The monoisotopic (exact) mass is 503 g/mol. The van der Waals surface area contributed by atoms with Crippen molar-refractivity contribution in [2.45, 2.75) is 20.1 Å². The van der Waals surface area contributed by atoms with Gasteiger partial charge in [0.15, 0.2) is 11.5 Å². The Labute approximate surface area is 194 Å². The van der Waals surface area contributed by atoms with Crippen LogP contribution in [0.3, 0.4) is 0 Å². The van der Waals surface area contributed by atoms with E-state index in [-0.39, 0.29) is 18.0 Å². The maximum Gasteiger partial charge on any atom is 0.335 e. The highest BCUT2D eigenvalue weighted by molar-refractivity contribution is 9.10. The average molecular weight is 504 g/mol. The van der Waals surface area contributed by atoms with Crippen molar-refractivity contribution in [3.63, 3.8) is 0 Å². The van der Waals surface area contributed by atoms with Crippen LogP contribution in [-0.4, -0.2) is 24.8 Å². The van der Waals surface area contributed by atoms with E-state index in [2.05, 4.69) is 21.2 Å². The highest BCUT2D eigenvalue weighted by Gasteiger charge is 2.14. The van der Waals surface area contributed by atoms with Gasteiger partial charge in [0.1, 0.15) is 18.2 Å². The number of methoxy groups -OCH3 is 1. The van der Waals surface area contributed by atoms with Gasteiger partial charge in [-0.25, -0.2) is 9.18 Å². The van der Waals surface area contributed by atoms with E-state index >= 15 is 0 Å². The third-order valence-corrected chi connectivity index (χ3v) is 5.41. The zero-order valence-electron chi connectivity index (χ0n) is 17.7. The Bertz CT molecular complexity index is 1110. The maximum absolute atomic E-state index is 13.9. The summed E-state index contributed by atoms with van der Waals surface area (Å²) >= 11 is 3.54. The number of hydrogen-bond donors (Lipinski definition) is 2. The Morgan fingerprint density at radius 3 is 2.47 bits per heavy atom.